The number of Topliss-reactive ketones (excluding diaryl/α,β-unsaturated/α-hetero) is 1. The lowest BCUT2D eigenvalue weighted by Gasteiger charge is -2.31. The SMILES string of the molecule is CCCCn1nnnc1NC(=O)N1CCC[C@H](C(=O)c2ccccc2)C1. The van der Waals surface area contributed by atoms with Crippen molar-refractivity contribution in [1.82, 2.24) is 25.1 Å². The van der Waals surface area contributed by atoms with Crippen molar-refractivity contribution < 1.29 is 9.59 Å². The fraction of sp³-hybridized carbons (Fsp3) is 0.500. The van der Waals surface area contributed by atoms with E-state index in [9.17, 15) is 9.59 Å². The average Bonchev–Trinajstić information content (AvgIpc) is 3.13. The van der Waals surface area contributed by atoms with Crippen molar-refractivity contribution in [2.24, 2.45) is 5.92 Å². The Bertz CT molecular complexity index is 745. The normalized spacial score (nSPS) is 17.1. The molecular formula is C18H24N6O2. The maximum absolute atomic E-state index is 12.7. The molecule has 2 amide bonds. The van der Waals surface area contributed by atoms with Crippen LogP contribution in [0.1, 0.15) is 43.0 Å². The summed E-state index contributed by atoms with van der Waals surface area (Å²) in [7, 11) is 0. The van der Waals surface area contributed by atoms with Gasteiger partial charge in [-0.15, -0.1) is 0 Å². The summed E-state index contributed by atoms with van der Waals surface area (Å²) >= 11 is 0. The van der Waals surface area contributed by atoms with Crippen LogP contribution in [0, 0.1) is 5.92 Å². The Morgan fingerprint density at radius 1 is 1.27 bits per heavy atom. The molecule has 1 atom stereocenters. The lowest BCUT2D eigenvalue weighted by Crippen LogP contribution is -2.44. The first kappa shape index (κ1) is 18.0. The second-order valence-electron chi connectivity index (χ2n) is 6.52. The van der Waals surface area contributed by atoms with E-state index in [1.54, 1.807) is 9.58 Å². The topological polar surface area (TPSA) is 93.0 Å². The molecule has 0 saturated carbocycles. The van der Waals surface area contributed by atoms with Gasteiger partial charge in [0.15, 0.2) is 5.78 Å². The van der Waals surface area contributed by atoms with E-state index in [0.717, 1.165) is 25.7 Å². The zero-order chi connectivity index (χ0) is 18.4. The number of likely N-dealkylation sites (tertiary alicyclic amines) is 1. The summed E-state index contributed by atoms with van der Waals surface area (Å²) in [6, 6.07) is 8.99. The lowest BCUT2D eigenvalue weighted by molar-refractivity contribution is 0.0851. The molecule has 1 N–H and O–H groups in total. The third kappa shape index (κ3) is 4.25. The van der Waals surface area contributed by atoms with E-state index >= 15 is 0 Å². The number of anilines is 1. The Morgan fingerprint density at radius 2 is 2.08 bits per heavy atom. The van der Waals surface area contributed by atoms with E-state index in [1.807, 2.05) is 30.3 Å². The maximum atomic E-state index is 12.7. The summed E-state index contributed by atoms with van der Waals surface area (Å²) in [5.74, 6) is 0.267. The third-order valence-corrected chi connectivity index (χ3v) is 4.61. The van der Waals surface area contributed by atoms with Gasteiger partial charge in [-0.25, -0.2) is 9.48 Å². The summed E-state index contributed by atoms with van der Waals surface area (Å²) in [5, 5.41) is 14.2. The van der Waals surface area contributed by atoms with Gasteiger partial charge in [-0.1, -0.05) is 48.8 Å². The number of rotatable bonds is 6. The number of aromatic nitrogens is 4. The molecule has 0 aliphatic carbocycles. The van der Waals surface area contributed by atoms with Crippen molar-refractivity contribution in [2.45, 2.75) is 39.2 Å². The molecule has 1 fully saturated rings. The van der Waals surface area contributed by atoms with Crippen molar-refractivity contribution in [3.8, 4) is 0 Å². The molecule has 2 heterocycles. The lowest BCUT2D eigenvalue weighted by atomic mass is 9.90. The van der Waals surface area contributed by atoms with Crippen molar-refractivity contribution >= 4 is 17.8 Å². The molecule has 26 heavy (non-hydrogen) atoms. The quantitative estimate of drug-likeness (QED) is 0.803. The number of carbonyl (C=O) groups excluding carboxylic acids is 2. The number of hydrogen-bond acceptors (Lipinski definition) is 5. The number of unbranched alkanes of at least 4 members (excludes halogenated alkanes) is 1. The van der Waals surface area contributed by atoms with Crippen molar-refractivity contribution in [2.75, 3.05) is 18.4 Å². The first-order valence-electron chi connectivity index (χ1n) is 9.10. The number of piperidine rings is 1. The first-order chi connectivity index (χ1) is 12.7. The van der Waals surface area contributed by atoms with Crippen LogP contribution in [-0.2, 0) is 6.54 Å². The second kappa shape index (κ2) is 8.55. The number of carbonyl (C=O) groups is 2. The van der Waals surface area contributed by atoms with Gasteiger partial charge in [0, 0.05) is 31.1 Å². The standard InChI is InChI=1S/C18H24N6O2/c1-2-3-12-24-17(20-21-22-24)19-18(26)23-11-7-10-15(13-23)16(25)14-8-5-4-6-9-14/h4-6,8-9,15H,2-3,7,10-13H2,1H3,(H,19,20,22,26)/t15-/m0/s1. The highest BCUT2D eigenvalue weighted by Gasteiger charge is 2.29. The predicted octanol–water partition coefficient (Wildman–Crippen LogP) is 2.60. The Labute approximate surface area is 152 Å². The molecule has 1 aromatic heterocycles. The fourth-order valence-electron chi connectivity index (χ4n) is 3.14. The van der Waals surface area contributed by atoms with Gasteiger partial charge in [-0.2, -0.15) is 0 Å². The molecule has 3 rings (SSSR count). The molecule has 138 valence electrons. The molecule has 1 aromatic carbocycles. The molecule has 0 bridgehead atoms. The van der Waals surface area contributed by atoms with E-state index in [4.69, 9.17) is 0 Å². The number of urea groups is 1. The van der Waals surface area contributed by atoms with Gasteiger partial charge < -0.3 is 4.90 Å². The van der Waals surface area contributed by atoms with Crippen molar-refractivity contribution in [3.05, 3.63) is 35.9 Å². The molecule has 1 aliphatic rings. The minimum Gasteiger partial charge on any atom is -0.324 e. The van der Waals surface area contributed by atoms with Gasteiger partial charge in [-0.3, -0.25) is 10.1 Å². The Balaban J connectivity index is 1.61. The fourth-order valence-corrected chi connectivity index (χ4v) is 3.14. The Morgan fingerprint density at radius 3 is 2.85 bits per heavy atom. The number of nitrogens with zero attached hydrogens (tertiary/aromatic N) is 5. The van der Waals surface area contributed by atoms with Gasteiger partial charge in [-0.05, 0) is 29.7 Å². The Kier molecular flexibility index (Phi) is 5.93. The van der Waals surface area contributed by atoms with Gasteiger partial charge in [0.2, 0.25) is 0 Å². The number of aryl methyl sites for hydroxylation is 1. The van der Waals surface area contributed by atoms with Gasteiger partial charge in [0.05, 0.1) is 0 Å². The van der Waals surface area contributed by atoms with Crippen LogP contribution < -0.4 is 5.32 Å². The number of nitrogens with one attached hydrogen (secondary N) is 1. The number of amides is 2. The first-order valence-corrected chi connectivity index (χ1v) is 9.10. The zero-order valence-electron chi connectivity index (χ0n) is 15.0. The molecule has 0 radical (unpaired) electrons. The van der Waals surface area contributed by atoms with Crippen LogP contribution in [0.5, 0.6) is 0 Å². The molecule has 8 nitrogen and oxygen atoms in total. The minimum absolute atomic E-state index is 0.0934. The van der Waals surface area contributed by atoms with Crippen LogP contribution in [-0.4, -0.2) is 50.0 Å². The summed E-state index contributed by atoms with van der Waals surface area (Å²) in [6.07, 6.45) is 3.55. The summed E-state index contributed by atoms with van der Waals surface area (Å²) in [6.45, 7) is 3.78. The third-order valence-electron chi connectivity index (χ3n) is 4.61. The van der Waals surface area contributed by atoms with E-state index in [2.05, 4.69) is 27.8 Å². The Hall–Kier alpha value is -2.77. The molecule has 0 unspecified atom stereocenters. The number of tetrazole rings is 1. The van der Waals surface area contributed by atoms with Crippen LogP contribution in [0.25, 0.3) is 0 Å². The highest BCUT2D eigenvalue weighted by atomic mass is 16.2. The molecule has 0 spiro atoms. The van der Waals surface area contributed by atoms with Gasteiger partial charge in [0.1, 0.15) is 0 Å². The van der Waals surface area contributed by atoms with E-state index < -0.39 is 0 Å². The minimum atomic E-state index is -0.261. The van der Waals surface area contributed by atoms with Crippen LogP contribution in [0.4, 0.5) is 10.7 Å². The average molecular weight is 356 g/mol. The number of hydrogen-bond donors (Lipinski definition) is 1. The van der Waals surface area contributed by atoms with Crippen LogP contribution in [0.2, 0.25) is 0 Å². The highest BCUT2D eigenvalue weighted by molar-refractivity contribution is 5.98. The smallest absolute Gasteiger partial charge is 0.324 e. The van der Waals surface area contributed by atoms with Crippen LogP contribution >= 0.6 is 0 Å². The van der Waals surface area contributed by atoms with Gasteiger partial charge in [0.25, 0.3) is 5.95 Å². The van der Waals surface area contributed by atoms with Crippen LogP contribution in [0.3, 0.4) is 0 Å². The molecular weight excluding hydrogens is 332 g/mol. The van der Waals surface area contributed by atoms with Gasteiger partial charge >= 0.3 is 6.03 Å². The van der Waals surface area contributed by atoms with E-state index in [0.29, 0.717) is 31.1 Å². The molecule has 1 saturated heterocycles. The zero-order valence-corrected chi connectivity index (χ0v) is 15.0. The summed E-state index contributed by atoms with van der Waals surface area (Å²) < 4.78 is 1.60. The van der Waals surface area contributed by atoms with E-state index in [1.165, 1.54) is 0 Å². The van der Waals surface area contributed by atoms with Crippen LogP contribution in [0.15, 0.2) is 30.3 Å². The van der Waals surface area contributed by atoms with E-state index in [-0.39, 0.29) is 17.7 Å². The largest absolute Gasteiger partial charge is 0.324 e. The highest BCUT2D eigenvalue weighted by Crippen LogP contribution is 2.21. The molecule has 1 aliphatic heterocycles. The number of ketones is 1. The molecule has 8 heteroatoms. The monoisotopic (exact) mass is 356 g/mol. The number of benzene rings is 1. The molecule has 2 aromatic rings. The van der Waals surface area contributed by atoms with Crippen molar-refractivity contribution in [3.63, 3.8) is 0 Å². The predicted molar refractivity (Wildman–Crippen MR) is 96.8 cm³/mol. The van der Waals surface area contributed by atoms with Crippen molar-refractivity contribution in [1.29, 1.82) is 0 Å². The summed E-state index contributed by atoms with van der Waals surface area (Å²) in [4.78, 5) is 26.9. The second-order valence-corrected chi connectivity index (χ2v) is 6.52. The maximum Gasteiger partial charge on any atom is 0.324 e. The summed E-state index contributed by atoms with van der Waals surface area (Å²) in [5.41, 5.74) is 0.697.